The molecule has 1 aliphatic rings. The van der Waals surface area contributed by atoms with Crippen LogP contribution in [0.5, 0.6) is 0 Å². The fourth-order valence-corrected chi connectivity index (χ4v) is 2.78. The van der Waals surface area contributed by atoms with Crippen molar-refractivity contribution in [3.8, 4) is 0 Å². The van der Waals surface area contributed by atoms with E-state index in [1.165, 1.54) is 0 Å². The molecule has 110 valence electrons. The lowest BCUT2D eigenvalue weighted by Crippen LogP contribution is -2.40. The predicted molar refractivity (Wildman–Crippen MR) is 81.3 cm³/mol. The number of hydrogen-bond donors (Lipinski definition) is 1. The van der Waals surface area contributed by atoms with Crippen molar-refractivity contribution in [3.05, 3.63) is 32.8 Å². The molecule has 1 saturated carbocycles. The molecule has 0 radical (unpaired) electrons. The first-order chi connectivity index (χ1) is 10.1. The summed E-state index contributed by atoms with van der Waals surface area (Å²) in [5.41, 5.74) is 1.04. The third-order valence-electron chi connectivity index (χ3n) is 3.65. The van der Waals surface area contributed by atoms with Crippen molar-refractivity contribution >= 4 is 38.3 Å². The Hall–Kier alpha value is -1.80. The molecule has 1 aromatic heterocycles. The van der Waals surface area contributed by atoms with E-state index in [1.807, 2.05) is 12.1 Å². The average molecular weight is 353 g/mol. The largest absolute Gasteiger partial charge is 0.414 e. The van der Waals surface area contributed by atoms with Gasteiger partial charge in [-0.2, -0.15) is 0 Å². The number of nitrogens with one attached hydrogen (secondary N) is 1. The lowest BCUT2D eigenvalue weighted by atomic mass is 9.89. The number of nitrogens with zero attached hydrogens (tertiary/aromatic N) is 3. The molecule has 0 spiro atoms. The van der Waals surface area contributed by atoms with Crippen LogP contribution in [0.4, 0.5) is 11.5 Å². The van der Waals surface area contributed by atoms with E-state index in [4.69, 9.17) is 4.74 Å². The summed E-state index contributed by atoms with van der Waals surface area (Å²) in [6, 6.07) is 5.57. The average Bonchev–Trinajstić information content (AvgIpc) is 2.41. The number of fused-ring (bicyclic) bond motifs is 1. The summed E-state index contributed by atoms with van der Waals surface area (Å²) in [7, 11) is 1.67. The zero-order valence-electron chi connectivity index (χ0n) is 11.2. The molecule has 2 aromatic rings. The van der Waals surface area contributed by atoms with Gasteiger partial charge in [0.1, 0.15) is 11.2 Å². The van der Waals surface area contributed by atoms with Crippen LogP contribution in [0, 0.1) is 10.1 Å². The summed E-state index contributed by atoms with van der Waals surface area (Å²) in [6.07, 6.45) is 1.87. The minimum Gasteiger partial charge on any atom is -0.381 e. The van der Waals surface area contributed by atoms with Gasteiger partial charge in [-0.15, -0.1) is 0 Å². The van der Waals surface area contributed by atoms with E-state index in [2.05, 4.69) is 31.4 Å². The summed E-state index contributed by atoms with van der Waals surface area (Å²) in [5.74, 6) is -0.249. The first-order valence-electron chi connectivity index (χ1n) is 6.48. The molecular weight excluding hydrogens is 340 g/mol. The first-order valence-corrected chi connectivity index (χ1v) is 7.27. The molecule has 7 nitrogen and oxygen atoms in total. The summed E-state index contributed by atoms with van der Waals surface area (Å²) in [5, 5.41) is 22.7. The second kappa shape index (κ2) is 5.53. The van der Waals surface area contributed by atoms with Gasteiger partial charge in [0.2, 0.25) is 0 Å². The number of hydrogen-bond acceptors (Lipinski definition) is 6. The van der Waals surface area contributed by atoms with Crippen molar-refractivity contribution in [1.29, 1.82) is 0 Å². The molecule has 8 heteroatoms. The molecule has 1 aromatic carbocycles. The Morgan fingerprint density at radius 2 is 2.19 bits per heavy atom. The van der Waals surface area contributed by atoms with E-state index in [0.29, 0.717) is 16.6 Å². The van der Waals surface area contributed by atoms with Crippen LogP contribution in [0.1, 0.15) is 12.8 Å². The molecule has 21 heavy (non-hydrogen) atoms. The van der Waals surface area contributed by atoms with Crippen LogP contribution in [0.25, 0.3) is 10.9 Å². The number of aromatic nitrogens is 2. The van der Waals surface area contributed by atoms with E-state index in [1.54, 1.807) is 13.2 Å². The molecular formula is C13H13BrN4O3. The van der Waals surface area contributed by atoms with E-state index in [9.17, 15) is 10.1 Å². The number of anilines is 1. The summed E-state index contributed by atoms with van der Waals surface area (Å²) in [6.45, 7) is 0. The van der Waals surface area contributed by atoms with Crippen LogP contribution >= 0.6 is 15.9 Å². The molecule has 1 fully saturated rings. The highest BCUT2D eigenvalue weighted by Crippen LogP contribution is 2.35. The topological polar surface area (TPSA) is 90.2 Å². The van der Waals surface area contributed by atoms with Gasteiger partial charge in [0.05, 0.1) is 11.2 Å². The van der Waals surface area contributed by atoms with Crippen LogP contribution in [0.3, 0.4) is 0 Å². The number of benzene rings is 1. The van der Waals surface area contributed by atoms with Crippen LogP contribution in [-0.4, -0.2) is 34.4 Å². The Bertz CT molecular complexity index is 703. The van der Waals surface area contributed by atoms with Crippen LogP contribution < -0.4 is 5.32 Å². The second-order valence-corrected chi connectivity index (χ2v) is 5.90. The Labute approximate surface area is 129 Å². The summed E-state index contributed by atoms with van der Waals surface area (Å²) < 4.78 is 6.07. The van der Waals surface area contributed by atoms with Gasteiger partial charge < -0.3 is 20.2 Å². The molecule has 0 unspecified atom stereocenters. The van der Waals surface area contributed by atoms with Crippen LogP contribution in [-0.2, 0) is 4.74 Å². The van der Waals surface area contributed by atoms with Gasteiger partial charge in [-0.3, -0.25) is 0 Å². The fourth-order valence-electron chi connectivity index (χ4n) is 2.42. The normalized spacial score (nSPS) is 21.0. The van der Waals surface area contributed by atoms with Crippen LogP contribution in [0.15, 0.2) is 22.7 Å². The van der Waals surface area contributed by atoms with Crippen molar-refractivity contribution < 1.29 is 9.66 Å². The Balaban J connectivity index is 2.02. The number of halogens is 1. The van der Waals surface area contributed by atoms with Crippen molar-refractivity contribution in [1.82, 2.24) is 10.2 Å². The molecule has 0 atom stereocenters. The fraction of sp³-hybridized carbons (Fsp3) is 0.385. The minimum absolute atomic E-state index is 0.153. The maximum atomic E-state index is 11.2. The van der Waals surface area contributed by atoms with Crippen molar-refractivity contribution in [2.45, 2.75) is 25.0 Å². The SMILES string of the molecule is COC1CC(Nc2c([N+](=O)[O-])nnc3ccc(Br)cc23)C1. The highest BCUT2D eigenvalue weighted by molar-refractivity contribution is 9.10. The van der Waals surface area contributed by atoms with Gasteiger partial charge in [-0.25, -0.2) is 0 Å². The van der Waals surface area contributed by atoms with E-state index in [-0.39, 0.29) is 18.0 Å². The number of ether oxygens (including phenoxy) is 1. The monoisotopic (exact) mass is 352 g/mol. The zero-order chi connectivity index (χ0) is 15.0. The van der Waals surface area contributed by atoms with Gasteiger partial charge in [0.25, 0.3) is 0 Å². The lowest BCUT2D eigenvalue weighted by molar-refractivity contribution is -0.389. The summed E-state index contributed by atoms with van der Waals surface area (Å²) in [4.78, 5) is 10.7. The van der Waals surface area contributed by atoms with E-state index < -0.39 is 4.92 Å². The van der Waals surface area contributed by atoms with Crippen LogP contribution in [0.2, 0.25) is 0 Å². The molecule has 0 saturated heterocycles. The Kier molecular flexibility index (Phi) is 3.73. The van der Waals surface area contributed by atoms with E-state index >= 15 is 0 Å². The molecule has 0 bridgehead atoms. The molecule has 0 amide bonds. The maximum Gasteiger partial charge on any atom is 0.414 e. The van der Waals surface area contributed by atoms with Crippen molar-refractivity contribution in [2.24, 2.45) is 0 Å². The minimum atomic E-state index is -0.512. The molecule has 1 aliphatic carbocycles. The lowest BCUT2D eigenvalue weighted by Gasteiger charge is -2.35. The maximum absolute atomic E-state index is 11.2. The van der Waals surface area contributed by atoms with Gasteiger partial charge in [0.15, 0.2) is 0 Å². The van der Waals surface area contributed by atoms with Gasteiger partial charge >= 0.3 is 5.82 Å². The molecule has 3 rings (SSSR count). The van der Waals surface area contributed by atoms with Gasteiger partial charge in [0, 0.05) is 23.0 Å². The zero-order valence-corrected chi connectivity index (χ0v) is 12.8. The van der Waals surface area contributed by atoms with Crippen molar-refractivity contribution in [2.75, 3.05) is 12.4 Å². The second-order valence-electron chi connectivity index (χ2n) is 4.99. The van der Waals surface area contributed by atoms with Gasteiger partial charge in [-0.05, 0) is 41.1 Å². The quantitative estimate of drug-likeness (QED) is 0.671. The molecule has 0 aliphatic heterocycles. The molecule has 1 N–H and O–H groups in total. The van der Waals surface area contributed by atoms with E-state index in [0.717, 1.165) is 17.3 Å². The van der Waals surface area contributed by atoms with Crippen molar-refractivity contribution in [3.63, 3.8) is 0 Å². The van der Waals surface area contributed by atoms with Gasteiger partial charge in [-0.1, -0.05) is 15.9 Å². The number of rotatable bonds is 4. The smallest absolute Gasteiger partial charge is 0.381 e. The molecule has 1 heterocycles. The highest BCUT2D eigenvalue weighted by Gasteiger charge is 2.32. The predicted octanol–water partition coefficient (Wildman–Crippen LogP) is 2.89. The third kappa shape index (κ3) is 2.68. The Morgan fingerprint density at radius 1 is 1.43 bits per heavy atom. The number of nitro groups is 1. The Morgan fingerprint density at radius 3 is 2.86 bits per heavy atom. The highest BCUT2D eigenvalue weighted by atomic mass is 79.9. The summed E-state index contributed by atoms with van der Waals surface area (Å²) >= 11 is 3.38. The third-order valence-corrected chi connectivity index (χ3v) is 4.15. The first kappa shape index (κ1) is 14.2. The standard InChI is InChI=1S/C13H13BrN4O3/c1-21-9-5-8(6-9)15-12-10-4-7(14)2-3-11(10)16-17-13(12)18(19)20/h2-4,8-9H,5-6H2,1H3,(H,15,16). The number of methoxy groups -OCH3 is 1.